The number of hydrogen-bond acceptors (Lipinski definition) is 5. The normalized spacial score (nSPS) is 11.9. The summed E-state index contributed by atoms with van der Waals surface area (Å²) in [4.78, 5) is 38.2. The Morgan fingerprint density at radius 2 is 1.61 bits per heavy atom. The number of fused-ring (bicyclic) bond motifs is 1. The summed E-state index contributed by atoms with van der Waals surface area (Å²) in [7, 11) is 0. The average Bonchev–Trinajstić information content (AvgIpc) is 2.85. The lowest BCUT2D eigenvalue weighted by atomic mass is 10.0. The van der Waals surface area contributed by atoms with Gasteiger partial charge in [0.2, 0.25) is 0 Å². The molecule has 0 saturated carbocycles. The zero-order chi connectivity index (χ0) is 23.2. The van der Waals surface area contributed by atoms with Gasteiger partial charge in [-0.3, -0.25) is 14.4 Å². The molecular weight excluding hydrogens is 418 g/mol. The minimum atomic E-state index is -1.20. The maximum atomic E-state index is 13.1. The summed E-state index contributed by atoms with van der Waals surface area (Å²) in [6, 6.07) is 21.7. The number of aromatic nitrogens is 2. The number of nitrogens with one attached hydrogen (secondary N) is 3. The Morgan fingerprint density at radius 3 is 2.36 bits per heavy atom. The molecule has 0 radical (unpaired) electrons. The van der Waals surface area contributed by atoms with Crippen LogP contribution in [0.5, 0.6) is 0 Å². The fourth-order valence-electron chi connectivity index (χ4n) is 3.38. The van der Waals surface area contributed by atoms with Crippen molar-refractivity contribution < 1.29 is 9.59 Å². The molecule has 2 amide bonds. The summed E-state index contributed by atoms with van der Waals surface area (Å²) in [5, 5.41) is 14.1. The van der Waals surface area contributed by atoms with E-state index in [1.165, 1.54) is 6.21 Å². The third-order valence-electron chi connectivity index (χ3n) is 5.14. The fourth-order valence-corrected chi connectivity index (χ4v) is 3.38. The van der Waals surface area contributed by atoms with Crippen LogP contribution in [0.25, 0.3) is 10.8 Å². The van der Waals surface area contributed by atoms with Crippen LogP contribution in [0.3, 0.4) is 0 Å². The predicted octanol–water partition coefficient (Wildman–Crippen LogP) is 2.85. The van der Waals surface area contributed by atoms with Crippen LogP contribution < -0.4 is 16.3 Å². The van der Waals surface area contributed by atoms with Crippen LogP contribution >= 0.6 is 0 Å². The summed E-state index contributed by atoms with van der Waals surface area (Å²) in [6.07, 6.45) is 1.53. The second-order valence-electron chi connectivity index (χ2n) is 7.35. The van der Waals surface area contributed by atoms with Gasteiger partial charge in [-0.15, -0.1) is 0 Å². The molecule has 0 saturated heterocycles. The van der Waals surface area contributed by atoms with Crippen LogP contribution in [0.2, 0.25) is 0 Å². The van der Waals surface area contributed by atoms with E-state index in [-0.39, 0.29) is 11.3 Å². The van der Waals surface area contributed by atoms with Gasteiger partial charge < -0.3 is 5.32 Å². The number of aryl methyl sites for hydroxylation is 1. The van der Waals surface area contributed by atoms with E-state index >= 15 is 0 Å². The quantitative estimate of drug-likeness (QED) is 0.316. The van der Waals surface area contributed by atoms with Gasteiger partial charge in [0.05, 0.1) is 11.6 Å². The molecule has 0 aliphatic carbocycles. The van der Waals surface area contributed by atoms with Gasteiger partial charge in [-0.05, 0) is 36.2 Å². The molecule has 3 N–H and O–H groups in total. The van der Waals surface area contributed by atoms with E-state index < -0.39 is 17.9 Å². The molecule has 4 aromatic rings. The number of carbonyl (C=O) groups is 2. The maximum Gasteiger partial charge on any atom is 0.272 e. The molecule has 1 aromatic heterocycles. The molecule has 0 spiro atoms. The number of aromatic amines is 1. The van der Waals surface area contributed by atoms with Crippen LogP contribution in [-0.4, -0.2) is 28.2 Å². The minimum absolute atomic E-state index is 0.207. The molecule has 4 rings (SSSR count). The van der Waals surface area contributed by atoms with E-state index in [1.54, 1.807) is 54.6 Å². The highest BCUT2D eigenvalue weighted by Gasteiger charge is 2.27. The molecule has 3 aromatic carbocycles. The van der Waals surface area contributed by atoms with Crippen LogP contribution in [0, 0.1) is 6.92 Å². The van der Waals surface area contributed by atoms with Gasteiger partial charge in [-0.25, -0.2) is 10.5 Å². The number of benzene rings is 3. The first-order valence-corrected chi connectivity index (χ1v) is 10.3. The molecule has 0 aliphatic heterocycles. The van der Waals surface area contributed by atoms with Gasteiger partial charge in [0.15, 0.2) is 6.04 Å². The Morgan fingerprint density at radius 1 is 0.939 bits per heavy atom. The topological polar surface area (TPSA) is 116 Å². The van der Waals surface area contributed by atoms with E-state index in [9.17, 15) is 14.4 Å². The lowest BCUT2D eigenvalue weighted by Crippen LogP contribution is -2.40. The van der Waals surface area contributed by atoms with Crippen molar-refractivity contribution in [1.29, 1.82) is 0 Å². The van der Waals surface area contributed by atoms with Crippen molar-refractivity contribution in [2.75, 3.05) is 0 Å². The van der Waals surface area contributed by atoms with Gasteiger partial charge in [-0.1, -0.05) is 60.7 Å². The molecule has 33 heavy (non-hydrogen) atoms. The summed E-state index contributed by atoms with van der Waals surface area (Å²) < 4.78 is 0. The second kappa shape index (κ2) is 9.69. The second-order valence-corrected chi connectivity index (χ2v) is 7.35. The first-order chi connectivity index (χ1) is 16.0. The molecule has 1 heterocycles. The summed E-state index contributed by atoms with van der Waals surface area (Å²) >= 11 is 0. The average molecular weight is 439 g/mol. The summed E-state index contributed by atoms with van der Waals surface area (Å²) in [5.41, 5.74) is 4.52. The molecule has 0 bridgehead atoms. The van der Waals surface area contributed by atoms with Gasteiger partial charge in [0.1, 0.15) is 5.69 Å². The van der Waals surface area contributed by atoms with Crippen molar-refractivity contribution in [2.45, 2.75) is 13.0 Å². The molecule has 8 heteroatoms. The van der Waals surface area contributed by atoms with Crippen LogP contribution in [-0.2, 0) is 4.79 Å². The fraction of sp³-hybridized carbons (Fsp3) is 0.0800. The number of hydrogen-bond donors (Lipinski definition) is 3. The monoisotopic (exact) mass is 439 g/mol. The smallest absolute Gasteiger partial charge is 0.272 e. The number of nitrogens with zero attached hydrogens (tertiary/aromatic N) is 2. The number of rotatable bonds is 6. The Labute approximate surface area is 189 Å². The van der Waals surface area contributed by atoms with Crippen molar-refractivity contribution in [3.8, 4) is 0 Å². The third kappa shape index (κ3) is 4.85. The van der Waals surface area contributed by atoms with E-state index in [0.717, 1.165) is 11.1 Å². The van der Waals surface area contributed by atoms with Gasteiger partial charge in [0.25, 0.3) is 17.4 Å². The van der Waals surface area contributed by atoms with Crippen molar-refractivity contribution >= 4 is 28.8 Å². The molecule has 0 aliphatic rings. The third-order valence-corrected chi connectivity index (χ3v) is 5.14. The Balaban J connectivity index is 1.68. The lowest BCUT2D eigenvalue weighted by Gasteiger charge is -2.18. The minimum Gasteiger partial charge on any atom is -0.335 e. The highest BCUT2D eigenvalue weighted by Crippen LogP contribution is 2.20. The zero-order valence-electron chi connectivity index (χ0n) is 17.8. The van der Waals surface area contributed by atoms with Crippen LogP contribution in [0.1, 0.15) is 33.2 Å². The summed E-state index contributed by atoms with van der Waals surface area (Å²) in [6.45, 7) is 1.93. The number of hydrazone groups is 1. The van der Waals surface area contributed by atoms with Gasteiger partial charge >= 0.3 is 0 Å². The molecule has 0 fully saturated rings. The van der Waals surface area contributed by atoms with E-state index in [2.05, 4.69) is 26.0 Å². The number of carbonyl (C=O) groups excluding carboxylic acids is 2. The van der Waals surface area contributed by atoms with Gasteiger partial charge in [0, 0.05) is 10.9 Å². The molecule has 164 valence electrons. The summed E-state index contributed by atoms with van der Waals surface area (Å²) in [5.74, 6) is -1.07. The standard InChI is InChI=1S/C25H21N5O3/c1-16-9-5-6-12-18(16)15-26-29-25(33)22(27-23(31)17-10-3-2-4-11-17)21-19-13-7-8-14-20(19)24(32)30-28-21/h2-15,22H,1H3,(H,27,31)(H,29,33)(H,30,32)/t22-/m0/s1. The zero-order valence-corrected chi connectivity index (χ0v) is 17.8. The highest BCUT2D eigenvalue weighted by molar-refractivity contribution is 5.99. The van der Waals surface area contributed by atoms with Crippen molar-refractivity contribution in [3.63, 3.8) is 0 Å². The van der Waals surface area contributed by atoms with Crippen molar-refractivity contribution in [3.05, 3.63) is 112 Å². The predicted molar refractivity (Wildman–Crippen MR) is 126 cm³/mol. The Bertz CT molecular complexity index is 1400. The first-order valence-electron chi connectivity index (χ1n) is 10.3. The number of H-pyrrole nitrogens is 1. The largest absolute Gasteiger partial charge is 0.335 e. The van der Waals surface area contributed by atoms with Crippen LogP contribution in [0.15, 0.2) is 88.8 Å². The lowest BCUT2D eigenvalue weighted by molar-refractivity contribution is -0.123. The Hall–Kier alpha value is -4.59. The van der Waals surface area contributed by atoms with E-state index in [4.69, 9.17) is 0 Å². The van der Waals surface area contributed by atoms with Crippen LogP contribution in [0.4, 0.5) is 0 Å². The molecule has 1 atom stereocenters. The van der Waals surface area contributed by atoms with E-state index in [1.807, 2.05) is 31.2 Å². The van der Waals surface area contributed by atoms with Gasteiger partial charge in [-0.2, -0.15) is 10.2 Å². The number of amides is 2. The SMILES string of the molecule is Cc1ccccc1C=NNC(=O)[C@@H](NC(=O)c1ccccc1)c1n[nH]c(=O)c2ccccc12. The Kier molecular flexibility index (Phi) is 6.36. The molecule has 8 nitrogen and oxygen atoms in total. The first kappa shape index (κ1) is 21.6. The van der Waals surface area contributed by atoms with Crippen molar-refractivity contribution in [1.82, 2.24) is 20.9 Å². The molecule has 0 unspecified atom stereocenters. The van der Waals surface area contributed by atoms with Crippen molar-refractivity contribution in [2.24, 2.45) is 5.10 Å². The maximum absolute atomic E-state index is 13.1. The highest BCUT2D eigenvalue weighted by atomic mass is 16.2. The molecular formula is C25H21N5O3. The van der Waals surface area contributed by atoms with E-state index in [0.29, 0.717) is 16.3 Å².